The fourth-order valence-corrected chi connectivity index (χ4v) is 1.72. The number of hydrogen-bond acceptors (Lipinski definition) is 5. The first-order chi connectivity index (χ1) is 9.88. The number of hydrogen-bond donors (Lipinski definition) is 1. The van der Waals surface area contributed by atoms with Gasteiger partial charge in [-0.15, -0.1) is 12.4 Å². The van der Waals surface area contributed by atoms with Gasteiger partial charge in [-0.05, 0) is 31.5 Å². The van der Waals surface area contributed by atoms with Crippen molar-refractivity contribution in [3.05, 3.63) is 23.8 Å². The van der Waals surface area contributed by atoms with Crippen LogP contribution in [0.15, 0.2) is 18.2 Å². The Labute approximate surface area is 134 Å². The van der Waals surface area contributed by atoms with E-state index < -0.39 is 17.9 Å². The molecule has 2 N–H and O–H groups in total. The Hall–Kier alpha value is -1.60. The number of nitrogens with two attached hydrogens (primary N) is 1. The topological polar surface area (TPSA) is 70.8 Å². The number of halogens is 3. The zero-order valence-corrected chi connectivity index (χ0v) is 13.4. The van der Waals surface area contributed by atoms with Gasteiger partial charge in [0, 0.05) is 0 Å². The molecule has 126 valence electrons. The van der Waals surface area contributed by atoms with Crippen molar-refractivity contribution in [3.8, 4) is 11.5 Å². The molecule has 0 spiro atoms. The second-order valence-electron chi connectivity index (χ2n) is 4.16. The maximum Gasteiger partial charge on any atom is 0.379 e. The third-order valence-corrected chi connectivity index (χ3v) is 2.78. The molecule has 0 aliphatic heterocycles. The van der Waals surface area contributed by atoms with E-state index in [0.717, 1.165) is 0 Å². The maximum atomic E-state index is 13.9. The van der Waals surface area contributed by atoms with Crippen molar-refractivity contribution in [1.82, 2.24) is 0 Å². The number of carbonyl (C=O) groups excluding carboxylic acids is 1. The predicted octanol–water partition coefficient (Wildman–Crippen LogP) is 2.71. The lowest BCUT2D eigenvalue weighted by Crippen LogP contribution is -2.41. The fourth-order valence-electron chi connectivity index (χ4n) is 1.72. The molecule has 0 aromatic heterocycles. The van der Waals surface area contributed by atoms with Crippen LogP contribution in [0.25, 0.3) is 0 Å². The summed E-state index contributed by atoms with van der Waals surface area (Å²) in [6.45, 7) is 3.49. The van der Waals surface area contributed by atoms with Crippen LogP contribution in [0.3, 0.4) is 0 Å². The quantitative estimate of drug-likeness (QED) is 0.773. The molecule has 0 unspecified atom stereocenters. The first kappa shape index (κ1) is 20.4. The van der Waals surface area contributed by atoms with Crippen LogP contribution < -0.4 is 15.2 Å². The van der Waals surface area contributed by atoms with Gasteiger partial charge in [-0.3, -0.25) is 0 Å². The van der Waals surface area contributed by atoms with E-state index >= 15 is 0 Å². The summed E-state index contributed by atoms with van der Waals surface area (Å²) >= 11 is 0. The van der Waals surface area contributed by atoms with Crippen LogP contribution in [0, 0.1) is 0 Å². The smallest absolute Gasteiger partial charge is 0.379 e. The van der Waals surface area contributed by atoms with Crippen LogP contribution in [0.1, 0.15) is 25.5 Å². The highest BCUT2D eigenvalue weighted by Crippen LogP contribution is 2.35. The van der Waals surface area contributed by atoms with Crippen LogP contribution in [-0.2, 0) is 9.53 Å². The number of carbonyl (C=O) groups is 1. The Kier molecular flexibility index (Phi) is 8.11. The zero-order valence-electron chi connectivity index (χ0n) is 12.6. The van der Waals surface area contributed by atoms with Crippen LogP contribution in [0.5, 0.6) is 11.5 Å². The lowest BCUT2D eigenvalue weighted by atomic mass is 10.0. The molecule has 0 aliphatic carbocycles. The summed E-state index contributed by atoms with van der Waals surface area (Å²) in [4.78, 5) is 11.3. The summed E-state index contributed by atoms with van der Waals surface area (Å²) in [5.41, 5.74) is 5.55. The lowest BCUT2D eigenvalue weighted by Gasteiger charge is -2.22. The summed E-state index contributed by atoms with van der Waals surface area (Å²) in [5, 5.41) is 0. The van der Waals surface area contributed by atoms with Gasteiger partial charge < -0.3 is 19.9 Å². The van der Waals surface area contributed by atoms with E-state index in [9.17, 15) is 13.6 Å². The lowest BCUT2D eigenvalue weighted by molar-refractivity contribution is -0.174. The molecule has 1 rings (SSSR count). The number of ether oxygens (including phenoxy) is 3. The molecular formula is C14H20ClF2NO4. The molecule has 0 heterocycles. The first-order valence-electron chi connectivity index (χ1n) is 6.49. The second-order valence-corrected chi connectivity index (χ2v) is 4.16. The summed E-state index contributed by atoms with van der Waals surface area (Å²) in [6.07, 6.45) is 0. The van der Waals surface area contributed by atoms with E-state index in [4.69, 9.17) is 15.2 Å². The van der Waals surface area contributed by atoms with Crippen LogP contribution >= 0.6 is 12.4 Å². The molecule has 0 fully saturated rings. The van der Waals surface area contributed by atoms with E-state index in [1.165, 1.54) is 32.2 Å². The van der Waals surface area contributed by atoms with E-state index in [-0.39, 0.29) is 30.3 Å². The molecule has 0 saturated heterocycles. The van der Waals surface area contributed by atoms with Crippen molar-refractivity contribution in [2.75, 3.05) is 20.3 Å². The molecule has 1 aromatic rings. The largest absolute Gasteiger partial charge is 0.493 e. The third kappa shape index (κ3) is 4.45. The monoisotopic (exact) mass is 339 g/mol. The van der Waals surface area contributed by atoms with Gasteiger partial charge in [-0.1, -0.05) is 6.07 Å². The molecule has 8 heteroatoms. The Morgan fingerprint density at radius 2 is 1.91 bits per heavy atom. The minimum absolute atomic E-state index is 0. The Morgan fingerprint density at radius 3 is 2.41 bits per heavy atom. The molecule has 1 atom stereocenters. The SMILES string of the molecule is CCOC(=O)C(F)(F)[C@@H](N)c1ccc(OCC)c(OC)c1.Cl. The van der Waals surface area contributed by atoms with E-state index in [0.29, 0.717) is 12.4 Å². The summed E-state index contributed by atoms with van der Waals surface area (Å²) in [7, 11) is 1.39. The number of benzene rings is 1. The molecule has 1 aromatic carbocycles. The molecular weight excluding hydrogens is 320 g/mol. The van der Waals surface area contributed by atoms with E-state index in [1.54, 1.807) is 6.92 Å². The summed E-state index contributed by atoms with van der Waals surface area (Å²) < 4.78 is 42.5. The van der Waals surface area contributed by atoms with Crippen molar-refractivity contribution < 1.29 is 27.8 Å². The number of esters is 1. The summed E-state index contributed by atoms with van der Waals surface area (Å²) in [6, 6.07) is 2.33. The Bertz CT molecular complexity index is 500. The van der Waals surface area contributed by atoms with Crippen molar-refractivity contribution >= 4 is 18.4 Å². The minimum Gasteiger partial charge on any atom is -0.493 e. The highest BCUT2D eigenvalue weighted by molar-refractivity contribution is 5.85. The van der Waals surface area contributed by atoms with Crippen molar-refractivity contribution in [3.63, 3.8) is 0 Å². The van der Waals surface area contributed by atoms with Crippen molar-refractivity contribution in [1.29, 1.82) is 0 Å². The average Bonchev–Trinajstić information content (AvgIpc) is 2.47. The molecule has 0 saturated carbocycles. The number of alkyl halides is 2. The number of rotatable bonds is 7. The Balaban J connectivity index is 0.00000441. The minimum atomic E-state index is -3.83. The molecule has 22 heavy (non-hydrogen) atoms. The average molecular weight is 340 g/mol. The Morgan fingerprint density at radius 1 is 1.27 bits per heavy atom. The molecule has 5 nitrogen and oxygen atoms in total. The third-order valence-electron chi connectivity index (χ3n) is 2.78. The first-order valence-corrected chi connectivity index (χ1v) is 6.49. The number of methoxy groups -OCH3 is 1. The molecule has 0 aliphatic rings. The fraction of sp³-hybridized carbons (Fsp3) is 0.500. The molecule has 0 amide bonds. The van der Waals surface area contributed by atoms with Gasteiger partial charge in [0.25, 0.3) is 0 Å². The van der Waals surface area contributed by atoms with Gasteiger partial charge in [0.2, 0.25) is 0 Å². The van der Waals surface area contributed by atoms with Gasteiger partial charge >= 0.3 is 11.9 Å². The van der Waals surface area contributed by atoms with Gasteiger partial charge in [0.05, 0.1) is 20.3 Å². The highest BCUT2D eigenvalue weighted by Gasteiger charge is 2.47. The van der Waals surface area contributed by atoms with Gasteiger partial charge in [-0.2, -0.15) is 8.78 Å². The van der Waals surface area contributed by atoms with Crippen LogP contribution in [-0.4, -0.2) is 32.2 Å². The standard InChI is InChI=1S/C14H19F2NO4.ClH/c1-4-20-10-7-6-9(8-11(10)19-3)12(17)14(15,16)13(18)21-5-2;/h6-8,12H,4-5,17H2,1-3H3;1H/t12-;/m0./s1. The van der Waals surface area contributed by atoms with Gasteiger partial charge in [0.1, 0.15) is 6.04 Å². The molecule has 0 radical (unpaired) electrons. The predicted molar refractivity (Wildman–Crippen MR) is 79.9 cm³/mol. The second kappa shape index (κ2) is 8.75. The van der Waals surface area contributed by atoms with E-state index in [2.05, 4.69) is 4.74 Å². The van der Waals surface area contributed by atoms with E-state index in [1.807, 2.05) is 0 Å². The van der Waals surface area contributed by atoms with Crippen LogP contribution in [0.2, 0.25) is 0 Å². The van der Waals surface area contributed by atoms with Crippen molar-refractivity contribution in [2.24, 2.45) is 5.73 Å². The van der Waals surface area contributed by atoms with Gasteiger partial charge in [-0.25, -0.2) is 4.79 Å². The van der Waals surface area contributed by atoms with Gasteiger partial charge in [0.15, 0.2) is 11.5 Å². The highest BCUT2D eigenvalue weighted by atomic mass is 35.5. The van der Waals surface area contributed by atoms with Crippen molar-refractivity contribution in [2.45, 2.75) is 25.8 Å². The maximum absolute atomic E-state index is 13.9. The van der Waals surface area contributed by atoms with Crippen LogP contribution in [0.4, 0.5) is 8.78 Å². The zero-order chi connectivity index (χ0) is 16.0. The summed E-state index contributed by atoms with van der Waals surface area (Å²) in [5.74, 6) is -4.79. The normalized spacial score (nSPS) is 12.1. The molecule has 0 bridgehead atoms.